The molecule has 2 aromatic rings. The average Bonchev–Trinajstić information content (AvgIpc) is 3.00. The second kappa shape index (κ2) is 8.20. The van der Waals surface area contributed by atoms with Crippen molar-refractivity contribution >= 4 is 5.91 Å². The number of amides is 1. The summed E-state index contributed by atoms with van der Waals surface area (Å²) in [5, 5.41) is 23.2. The van der Waals surface area contributed by atoms with Gasteiger partial charge in [-0.3, -0.25) is 4.79 Å². The molecule has 0 spiro atoms. The molecule has 1 saturated heterocycles. The summed E-state index contributed by atoms with van der Waals surface area (Å²) in [4.78, 5) is 16.9. The van der Waals surface area contributed by atoms with Crippen molar-refractivity contribution in [1.82, 2.24) is 15.1 Å². The van der Waals surface area contributed by atoms with Crippen molar-refractivity contribution in [2.45, 2.75) is 25.9 Å². The second-order valence-electron chi connectivity index (χ2n) is 7.67. The molecule has 0 radical (unpaired) electrons. The highest BCUT2D eigenvalue weighted by molar-refractivity contribution is 6.01. The van der Waals surface area contributed by atoms with E-state index in [1.807, 2.05) is 12.1 Å². The fourth-order valence-electron chi connectivity index (χ4n) is 4.09. The fraction of sp³-hybridized carbons (Fsp3) is 0.409. The van der Waals surface area contributed by atoms with Gasteiger partial charge < -0.3 is 25.3 Å². The fourth-order valence-corrected chi connectivity index (χ4v) is 4.09. The number of rotatable bonds is 6. The quantitative estimate of drug-likeness (QED) is 0.714. The summed E-state index contributed by atoms with van der Waals surface area (Å²) in [7, 11) is 0. The van der Waals surface area contributed by atoms with Gasteiger partial charge in [0.25, 0.3) is 5.91 Å². The summed E-state index contributed by atoms with van der Waals surface area (Å²) in [6, 6.07) is 10.7. The van der Waals surface area contributed by atoms with Crippen LogP contribution in [0.3, 0.4) is 0 Å². The molecule has 1 fully saturated rings. The van der Waals surface area contributed by atoms with Gasteiger partial charge in [0.05, 0.1) is 5.56 Å². The summed E-state index contributed by atoms with van der Waals surface area (Å²) in [5.41, 5.74) is 3.38. The zero-order valence-electron chi connectivity index (χ0n) is 16.0. The molecule has 6 nitrogen and oxygen atoms in total. The van der Waals surface area contributed by atoms with Gasteiger partial charge in [-0.15, -0.1) is 0 Å². The van der Waals surface area contributed by atoms with E-state index in [4.69, 9.17) is 0 Å². The molecule has 0 aromatic heterocycles. The predicted molar refractivity (Wildman–Crippen MR) is 107 cm³/mol. The van der Waals surface area contributed by atoms with Gasteiger partial charge in [-0.25, -0.2) is 0 Å². The molecule has 1 amide bonds. The normalized spacial score (nSPS) is 17.1. The van der Waals surface area contributed by atoms with Gasteiger partial charge in [-0.05, 0) is 54.3 Å². The predicted octanol–water partition coefficient (Wildman–Crippen LogP) is 2.09. The lowest BCUT2D eigenvalue weighted by atomic mass is 10.0. The van der Waals surface area contributed by atoms with Crippen LogP contribution in [0.1, 0.15) is 33.5 Å². The minimum atomic E-state index is -0.132. The van der Waals surface area contributed by atoms with Crippen molar-refractivity contribution in [1.29, 1.82) is 0 Å². The molecule has 0 atom stereocenters. The van der Waals surface area contributed by atoms with Crippen molar-refractivity contribution in [2.75, 3.05) is 32.7 Å². The highest BCUT2D eigenvalue weighted by Crippen LogP contribution is 2.33. The lowest BCUT2D eigenvalue weighted by Gasteiger charge is -2.27. The minimum absolute atomic E-state index is 0.0906. The van der Waals surface area contributed by atoms with E-state index in [0.717, 1.165) is 62.3 Å². The van der Waals surface area contributed by atoms with E-state index in [1.165, 1.54) is 0 Å². The van der Waals surface area contributed by atoms with E-state index in [2.05, 4.69) is 16.3 Å². The Kier molecular flexibility index (Phi) is 5.50. The number of nitrogens with one attached hydrogen (secondary N) is 1. The molecule has 2 heterocycles. The zero-order chi connectivity index (χ0) is 19.5. The van der Waals surface area contributed by atoms with Crippen LogP contribution in [0.15, 0.2) is 36.4 Å². The zero-order valence-corrected chi connectivity index (χ0v) is 16.0. The first kappa shape index (κ1) is 18.8. The summed E-state index contributed by atoms with van der Waals surface area (Å²) >= 11 is 0. The Balaban J connectivity index is 1.40. The van der Waals surface area contributed by atoms with Crippen LogP contribution in [-0.4, -0.2) is 58.6 Å². The Hall–Kier alpha value is -2.57. The number of hydrogen-bond donors (Lipinski definition) is 3. The molecular formula is C22H27N3O3. The Morgan fingerprint density at radius 2 is 1.75 bits per heavy atom. The maximum atomic E-state index is 12.7. The van der Waals surface area contributed by atoms with Crippen LogP contribution >= 0.6 is 0 Å². The molecule has 2 aromatic carbocycles. The number of aryl methyl sites for hydroxylation is 1. The molecule has 0 saturated carbocycles. The van der Waals surface area contributed by atoms with Gasteiger partial charge in [0.2, 0.25) is 0 Å². The van der Waals surface area contributed by atoms with E-state index < -0.39 is 0 Å². The Labute approximate surface area is 165 Å². The maximum Gasteiger partial charge on any atom is 0.258 e. The average molecular weight is 381 g/mol. The standard InChI is InChI=1S/C22H27N3O3/c26-19-5-3-16(4-6-19)14-25-15-18-12-17(13-20(27)21(18)22(25)28)2-1-9-24-10-7-23-8-11-24/h3-6,12-13,23,26-27H,1-2,7-11,14-15H2. The molecule has 3 N–H and O–H groups in total. The summed E-state index contributed by atoms with van der Waals surface area (Å²) in [5.74, 6) is 0.170. The number of carbonyl (C=O) groups excluding carboxylic acids is 1. The highest BCUT2D eigenvalue weighted by Gasteiger charge is 2.30. The van der Waals surface area contributed by atoms with E-state index in [-0.39, 0.29) is 17.4 Å². The molecule has 2 aliphatic heterocycles. The van der Waals surface area contributed by atoms with E-state index in [9.17, 15) is 15.0 Å². The number of phenols is 2. The molecule has 6 heteroatoms. The molecule has 0 bridgehead atoms. The first-order chi connectivity index (χ1) is 13.6. The maximum absolute atomic E-state index is 12.7. The van der Waals surface area contributed by atoms with Crippen molar-refractivity contribution in [3.05, 3.63) is 58.7 Å². The van der Waals surface area contributed by atoms with E-state index >= 15 is 0 Å². The van der Waals surface area contributed by atoms with Crippen LogP contribution in [0.25, 0.3) is 0 Å². The van der Waals surface area contributed by atoms with Gasteiger partial charge >= 0.3 is 0 Å². The first-order valence-corrected chi connectivity index (χ1v) is 9.95. The number of fused-ring (bicyclic) bond motifs is 1. The SMILES string of the molecule is O=C1c2c(O)cc(CCCN3CCNCC3)cc2CN1Cc1ccc(O)cc1. The van der Waals surface area contributed by atoms with Crippen LogP contribution < -0.4 is 5.32 Å². The summed E-state index contributed by atoms with van der Waals surface area (Å²) in [6.45, 7) is 6.33. The van der Waals surface area contributed by atoms with Gasteiger partial charge in [-0.1, -0.05) is 18.2 Å². The van der Waals surface area contributed by atoms with Crippen LogP contribution in [0.4, 0.5) is 0 Å². The van der Waals surface area contributed by atoms with Crippen LogP contribution in [0.2, 0.25) is 0 Å². The molecule has 2 aliphatic rings. The van der Waals surface area contributed by atoms with Gasteiger partial charge in [-0.2, -0.15) is 0 Å². The minimum Gasteiger partial charge on any atom is -0.508 e. The number of hydrogen-bond acceptors (Lipinski definition) is 5. The van der Waals surface area contributed by atoms with E-state index in [1.54, 1.807) is 23.1 Å². The Morgan fingerprint density at radius 3 is 2.50 bits per heavy atom. The summed E-state index contributed by atoms with van der Waals surface area (Å²) in [6.07, 6.45) is 1.94. The van der Waals surface area contributed by atoms with Gasteiger partial charge in [0, 0.05) is 39.3 Å². The number of nitrogens with zero attached hydrogens (tertiary/aromatic N) is 2. The molecule has 28 heavy (non-hydrogen) atoms. The molecule has 0 aliphatic carbocycles. The van der Waals surface area contributed by atoms with Crippen molar-refractivity contribution < 1.29 is 15.0 Å². The molecule has 0 unspecified atom stereocenters. The first-order valence-electron chi connectivity index (χ1n) is 9.95. The third kappa shape index (κ3) is 4.13. The van der Waals surface area contributed by atoms with Crippen LogP contribution in [0.5, 0.6) is 11.5 Å². The molecule has 4 rings (SSSR count). The van der Waals surface area contributed by atoms with E-state index in [0.29, 0.717) is 18.7 Å². The molecular weight excluding hydrogens is 354 g/mol. The smallest absolute Gasteiger partial charge is 0.258 e. The monoisotopic (exact) mass is 381 g/mol. The number of aromatic hydroxyl groups is 2. The number of piperazine rings is 1. The number of benzene rings is 2. The topological polar surface area (TPSA) is 76.0 Å². The van der Waals surface area contributed by atoms with Crippen LogP contribution in [0, 0.1) is 0 Å². The van der Waals surface area contributed by atoms with Gasteiger partial charge in [0.15, 0.2) is 0 Å². The summed E-state index contributed by atoms with van der Waals surface area (Å²) < 4.78 is 0. The number of carbonyl (C=O) groups is 1. The third-order valence-corrected chi connectivity index (χ3v) is 5.58. The van der Waals surface area contributed by atoms with Crippen LogP contribution in [-0.2, 0) is 19.5 Å². The van der Waals surface area contributed by atoms with Crippen molar-refractivity contribution in [3.8, 4) is 11.5 Å². The van der Waals surface area contributed by atoms with Crippen molar-refractivity contribution in [2.24, 2.45) is 0 Å². The third-order valence-electron chi connectivity index (χ3n) is 5.58. The van der Waals surface area contributed by atoms with Crippen molar-refractivity contribution in [3.63, 3.8) is 0 Å². The lowest BCUT2D eigenvalue weighted by Crippen LogP contribution is -2.43. The highest BCUT2D eigenvalue weighted by atomic mass is 16.3. The largest absolute Gasteiger partial charge is 0.508 e. The van der Waals surface area contributed by atoms with Gasteiger partial charge in [0.1, 0.15) is 11.5 Å². The second-order valence-corrected chi connectivity index (χ2v) is 7.67. The Bertz CT molecular complexity index is 845. The lowest BCUT2D eigenvalue weighted by molar-refractivity contribution is 0.0764. The Morgan fingerprint density at radius 1 is 1.00 bits per heavy atom. The molecule has 148 valence electrons. The number of phenolic OH excluding ortho intramolecular Hbond substituents is 2.